The second kappa shape index (κ2) is 12.8. The van der Waals surface area contributed by atoms with Crippen molar-refractivity contribution in [2.45, 2.75) is 58.3 Å². The predicted molar refractivity (Wildman–Crippen MR) is 138 cm³/mol. The highest BCUT2D eigenvalue weighted by Gasteiger charge is 2.36. The average molecular weight is 507 g/mol. The molecule has 9 heteroatoms. The second-order valence-corrected chi connectivity index (χ2v) is 9.52. The van der Waals surface area contributed by atoms with E-state index in [1.165, 1.54) is 11.8 Å². The van der Waals surface area contributed by atoms with Gasteiger partial charge in [0.15, 0.2) is 0 Å². The first-order valence-electron chi connectivity index (χ1n) is 12.5. The first kappa shape index (κ1) is 27.6. The Balaban J connectivity index is 1.56. The van der Waals surface area contributed by atoms with E-state index >= 15 is 0 Å². The van der Waals surface area contributed by atoms with Gasteiger partial charge in [0.05, 0.1) is 6.04 Å². The fourth-order valence-corrected chi connectivity index (χ4v) is 4.22. The summed E-state index contributed by atoms with van der Waals surface area (Å²) >= 11 is 0. The summed E-state index contributed by atoms with van der Waals surface area (Å²) in [6.45, 7) is 5.60. The first-order valence-corrected chi connectivity index (χ1v) is 12.5. The molecule has 0 radical (unpaired) electrons. The molecule has 1 fully saturated rings. The number of hydrogen-bond donors (Lipinski definition) is 3. The molecule has 0 aromatic heterocycles. The minimum Gasteiger partial charge on any atom is -0.345 e. The Hall–Kier alpha value is -4.01. The molecule has 3 N–H and O–H groups in total. The number of hydrogen-bond acceptors (Lipinski definition) is 5. The highest BCUT2D eigenvalue weighted by molar-refractivity contribution is 6.38. The summed E-state index contributed by atoms with van der Waals surface area (Å²) in [5.74, 6) is -3.15. The first-order chi connectivity index (χ1) is 17.7. The van der Waals surface area contributed by atoms with E-state index in [0.29, 0.717) is 24.9 Å². The van der Waals surface area contributed by atoms with Crippen molar-refractivity contribution in [3.63, 3.8) is 0 Å². The van der Waals surface area contributed by atoms with Gasteiger partial charge in [-0.3, -0.25) is 24.0 Å². The Kier molecular flexibility index (Phi) is 9.54. The number of benzene rings is 2. The molecule has 2 aromatic rings. The number of ketones is 1. The van der Waals surface area contributed by atoms with Crippen molar-refractivity contribution < 1.29 is 24.0 Å². The lowest BCUT2D eigenvalue weighted by Crippen LogP contribution is -2.56. The summed E-state index contributed by atoms with van der Waals surface area (Å²) in [6.07, 6.45) is 1.17. The fraction of sp³-hybridized carbons (Fsp3) is 0.393. The van der Waals surface area contributed by atoms with Gasteiger partial charge in [-0.05, 0) is 43.4 Å². The number of nitrogens with one attached hydrogen (secondary N) is 3. The summed E-state index contributed by atoms with van der Waals surface area (Å²) < 4.78 is 0. The molecular formula is C28H34N4O5. The van der Waals surface area contributed by atoms with Crippen LogP contribution in [-0.4, -0.2) is 59.0 Å². The molecular weight excluding hydrogens is 472 g/mol. The van der Waals surface area contributed by atoms with Crippen molar-refractivity contribution in [2.24, 2.45) is 5.92 Å². The molecule has 2 aromatic carbocycles. The molecule has 0 aliphatic carbocycles. The monoisotopic (exact) mass is 506 g/mol. The Morgan fingerprint density at radius 2 is 1.51 bits per heavy atom. The SMILES string of the molecule is CC(NC(=O)C1CCCN1C(=O)c1ccccc1)C(=O)NC(C(=O)C(=O)NCc1ccccc1)C(C)C. The molecule has 0 spiro atoms. The maximum Gasteiger partial charge on any atom is 0.289 e. The maximum atomic E-state index is 13.0. The van der Waals surface area contributed by atoms with Crippen LogP contribution in [0.4, 0.5) is 0 Å². The van der Waals surface area contributed by atoms with Crippen LogP contribution in [0.15, 0.2) is 60.7 Å². The molecule has 4 amide bonds. The van der Waals surface area contributed by atoms with Crippen LogP contribution in [0.3, 0.4) is 0 Å². The highest BCUT2D eigenvalue weighted by atomic mass is 16.2. The van der Waals surface area contributed by atoms with Crippen LogP contribution in [0.2, 0.25) is 0 Å². The molecule has 1 saturated heterocycles. The van der Waals surface area contributed by atoms with Crippen molar-refractivity contribution in [1.82, 2.24) is 20.9 Å². The van der Waals surface area contributed by atoms with Gasteiger partial charge in [0, 0.05) is 18.7 Å². The number of nitrogens with zero attached hydrogens (tertiary/aromatic N) is 1. The van der Waals surface area contributed by atoms with E-state index in [2.05, 4.69) is 16.0 Å². The van der Waals surface area contributed by atoms with Gasteiger partial charge < -0.3 is 20.9 Å². The Morgan fingerprint density at radius 1 is 0.892 bits per heavy atom. The fourth-order valence-electron chi connectivity index (χ4n) is 4.22. The van der Waals surface area contributed by atoms with Gasteiger partial charge in [-0.25, -0.2) is 0 Å². The van der Waals surface area contributed by atoms with Gasteiger partial charge in [0.25, 0.3) is 11.8 Å². The lowest BCUT2D eigenvalue weighted by atomic mass is 9.98. The van der Waals surface area contributed by atoms with Gasteiger partial charge in [-0.1, -0.05) is 62.4 Å². The lowest BCUT2D eigenvalue weighted by Gasteiger charge is -2.26. The van der Waals surface area contributed by atoms with Crippen LogP contribution in [0.1, 0.15) is 49.5 Å². The average Bonchev–Trinajstić information content (AvgIpc) is 3.40. The van der Waals surface area contributed by atoms with Gasteiger partial charge in [-0.2, -0.15) is 0 Å². The topological polar surface area (TPSA) is 125 Å². The van der Waals surface area contributed by atoms with E-state index in [4.69, 9.17) is 0 Å². The summed E-state index contributed by atoms with van der Waals surface area (Å²) in [6, 6.07) is 15.2. The minimum atomic E-state index is -1.05. The number of Topliss-reactive ketones (excluding diaryl/α,β-unsaturated/α-hetero) is 1. The van der Waals surface area contributed by atoms with E-state index in [0.717, 1.165) is 5.56 Å². The number of likely N-dealkylation sites (tertiary alicyclic amines) is 1. The number of rotatable bonds is 10. The minimum absolute atomic E-state index is 0.191. The van der Waals surface area contributed by atoms with E-state index in [-0.39, 0.29) is 18.4 Å². The molecule has 1 aliphatic rings. The predicted octanol–water partition coefficient (Wildman–Crippen LogP) is 1.82. The molecule has 37 heavy (non-hydrogen) atoms. The third kappa shape index (κ3) is 7.25. The summed E-state index contributed by atoms with van der Waals surface area (Å²) in [7, 11) is 0. The maximum absolute atomic E-state index is 13.0. The quantitative estimate of drug-likeness (QED) is 0.424. The molecule has 1 aliphatic heterocycles. The molecule has 1 heterocycles. The Morgan fingerprint density at radius 3 is 2.14 bits per heavy atom. The van der Waals surface area contributed by atoms with Gasteiger partial charge in [-0.15, -0.1) is 0 Å². The highest BCUT2D eigenvalue weighted by Crippen LogP contribution is 2.20. The Bertz CT molecular complexity index is 1120. The molecule has 9 nitrogen and oxygen atoms in total. The molecule has 3 unspecified atom stereocenters. The van der Waals surface area contributed by atoms with Crippen LogP contribution in [-0.2, 0) is 25.7 Å². The molecule has 196 valence electrons. The molecule has 3 atom stereocenters. The van der Waals surface area contributed by atoms with E-state index in [1.54, 1.807) is 38.1 Å². The third-order valence-electron chi connectivity index (χ3n) is 6.36. The van der Waals surface area contributed by atoms with Crippen molar-refractivity contribution in [3.8, 4) is 0 Å². The van der Waals surface area contributed by atoms with Gasteiger partial charge in [0.2, 0.25) is 17.6 Å². The van der Waals surface area contributed by atoms with Crippen molar-refractivity contribution in [2.75, 3.05) is 6.54 Å². The van der Waals surface area contributed by atoms with Crippen LogP contribution in [0, 0.1) is 5.92 Å². The molecule has 0 bridgehead atoms. The van der Waals surface area contributed by atoms with Crippen LogP contribution >= 0.6 is 0 Å². The van der Waals surface area contributed by atoms with Crippen LogP contribution in [0.5, 0.6) is 0 Å². The number of carbonyl (C=O) groups excluding carboxylic acids is 5. The van der Waals surface area contributed by atoms with Gasteiger partial charge >= 0.3 is 0 Å². The smallest absolute Gasteiger partial charge is 0.289 e. The van der Waals surface area contributed by atoms with E-state index in [9.17, 15) is 24.0 Å². The molecule has 3 rings (SSSR count). The standard InChI is InChI=1S/C28H34N4O5/c1-18(2)23(24(33)27(36)29-17-20-11-6-4-7-12-20)31-25(34)19(3)30-26(35)22-15-10-16-32(22)28(37)21-13-8-5-9-14-21/h4-9,11-14,18-19,22-23H,10,15-17H2,1-3H3,(H,29,36)(H,30,35)(H,31,34). The van der Waals surface area contributed by atoms with Gasteiger partial charge in [0.1, 0.15) is 12.1 Å². The normalized spacial score (nSPS) is 16.5. The summed E-state index contributed by atoms with van der Waals surface area (Å²) in [5, 5.41) is 7.85. The van der Waals surface area contributed by atoms with Crippen molar-refractivity contribution in [1.29, 1.82) is 0 Å². The number of carbonyl (C=O) groups is 5. The van der Waals surface area contributed by atoms with Crippen LogP contribution < -0.4 is 16.0 Å². The lowest BCUT2D eigenvalue weighted by molar-refractivity contribution is -0.141. The summed E-state index contributed by atoms with van der Waals surface area (Å²) in [4.78, 5) is 65.5. The molecule has 0 saturated carbocycles. The zero-order chi connectivity index (χ0) is 26.9. The number of amides is 4. The largest absolute Gasteiger partial charge is 0.345 e. The summed E-state index contributed by atoms with van der Waals surface area (Å²) in [5.41, 5.74) is 1.34. The van der Waals surface area contributed by atoms with Crippen molar-refractivity contribution in [3.05, 3.63) is 71.8 Å². The van der Waals surface area contributed by atoms with E-state index in [1.807, 2.05) is 36.4 Å². The van der Waals surface area contributed by atoms with E-state index < -0.39 is 41.6 Å². The zero-order valence-corrected chi connectivity index (χ0v) is 21.4. The Labute approximate surface area is 217 Å². The van der Waals surface area contributed by atoms with Crippen LogP contribution in [0.25, 0.3) is 0 Å². The third-order valence-corrected chi connectivity index (χ3v) is 6.36. The second-order valence-electron chi connectivity index (χ2n) is 9.52. The van der Waals surface area contributed by atoms with Crippen molar-refractivity contribution >= 4 is 29.4 Å². The zero-order valence-electron chi connectivity index (χ0n) is 21.4.